The highest BCUT2D eigenvalue weighted by Crippen LogP contribution is 2.30. The van der Waals surface area contributed by atoms with E-state index in [1.165, 1.54) is 6.08 Å². The topological polar surface area (TPSA) is 75.4 Å². The Bertz CT molecular complexity index is 1000. The summed E-state index contributed by atoms with van der Waals surface area (Å²) in [6.07, 6.45) is 3.72. The van der Waals surface area contributed by atoms with Crippen LogP contribution in [0.4, 0.5) is 11.4 Å². The van der Waals surface area contributed by atoms with Gasteiger partial charge in [0.05, 0.1) is 0 Å². The van der Waals surface area contributed by atoms with Gasteiger partial charge in [0.2, 0.25) is 17.7 Å². The molecule has 0 unspecified atom stereocenters. The molecule has 3 aromatic rings. The molecule has 0 bridgehead atoms. The van der Waals surface area contributed by atoms with Gasteiger partial charge in [0.25, 0.3) is 0 Å². The molecule has 130 valence electrons. The molecule has 6 nitrogen and oxygen atoms in total. The number of hydrogen-bond donors (Lipinski definition) is 1. The van der Waals surface area contributed by atoms with Crippen molar-refractivity contribution in [3.05, 3.63) is 60.0 Å². The van der Waals surface area contributed by atoms with Gasteiger partial charge in [0.15, 0.2) is 5.58 Å². The van der Waals surface area contributed by atoms with Crippen LogP contribution in [0.5, 0.6) is 0 Å². The summed E-state index contributed by atoms with van der Waals surface area (Å²) in [6.45, 7) is 2.24. The van der Waals surface area contributed by atoms with Crippen LogP contribution in [-0.4, -0.2) is 23.3 Å². The van der Waals surface area contributed by atoms with Gasteiger partial charge in [0, 0.05) is 37.0 Å². The lowest BCUT2D eigenvalue weighted by Gasteiger charge is -2.14. The van der Waals surface area contributed by atoms with Gasteiger partial charge in [-0.25, -0.2) is 4.98 Å². The third kappa shape index (κ3) is 3.09. The monoisotopic (exact) mass is 347 g/mol. The number of nitrogens with zero attached hydrogens (tertiary/aromatic N) is 2. The second-order valence-corrected chi connectivity index (χ2v) is 6.11. The summed E-state index contributed by atoms with van der Waals surface area (Å²) in [5.41, 5.74) is 4.10. The van der Waals surface area contributed by atoms with E-state index in [1.807, 2.05) is 36.4 Å². The van der Waals surface area contributed by atoms with Crippen LogP contribution in [0.15, 0.2) is 53.0 Å². The van der Waals surface area contributed by atoms with Gasteiger partial charge in [-0.1, -0.05) is 12.1 Å². The maximum Gasteiger partial charge on any atom is 0.248 e. The van der Waals surface area contributed by atoms with Gasteiger partial charge in [-0.05, 0) is 42.3 Å². The van der Waals surface area contributed by atoms with Crippen molar-refractivity contribution < 1.29 is 14.0 Å². The molecule has 0 atom stereocenters. The molecule has 1 aliphatic rings. The number of anilines is 2. The zero-order chi connectivity index (χ0) is 18.1. The van der Waals surface area contributed by atoms with Crippen molar-refractivity contribution in [3.8, 4) is 0 Å². The Morgan fingerprint density at radius 2 is 2.08 bits per heavy atom. The summed E-state index contributed by atoms with van der Waals surface area (Å²) >= 11 is 0. The average molecular weight is 347 g/mol. The predicted molar refractivity (Wildman–Crippen MR) is 99.8 cm³/mol. The van der Waals surface area contributed by atoms with E-state index in [-0.39, 0.29) is 11.8 Å². The van der Waals surface area contributed by atoms with Crippen molar-refractivity contribution in [2.24, 2.45) is 0 Å². The van der Waals surface area contributed by atoms with Crippen LogP contribution < -0.4 is 10.2 Å². The van der Waals surface area contributed by atoms with Crippen LogP contribution in [0.2, 0.25) is 0 Å². The van der Waals surface area contributed by atoms with Crippen molar-refractivity contribution >= 4 is 40.4 Å². The number of oxazole rings is 1. The standard InChI is InChI=1S/C20H17N3O3/c1-13(24)23-11-10-14-12-15(6-7-17(14)23)21-19(25)8-9-20-22-16-4-2-3-5-18(16)26-20/h2-9,12H,10-11H2,1H3,(H,21,25)/b9-8+. The Kier molecular flexibility index (Phi) is 4.01. The van der Waals surface area contributed by atoms with Crippen LogP contribution in [0.3, 0.4) is 0 Å². The highest BCUT2D eigenvalue weighted by atomic mass is 16.3. The quantitative estimate of drug-likeness (QED) is 0.737. The maximum atomic E-state index is 12.1. The summed E-state index contributed by atoms with van der Waals surface area (Å²) in [7, 11) is 0. The summed E-state index contributed by atoms with van der Waals surface area (Å²) in [5, 5.41) is 2.82. The van der Waals surface area contributed by atoms with Crippen LogP contribution in [0, 0.1) is 0 Å². The lowest BCUT2D eigenvalue weighted by molar-refractivity contribution is -0.116. The van der Waals surface area contributed by atoms with Crippen LogP contribution >= 0.6 is 0 Å². The number of rotatable bonds is 3. The molecule has 0 saturated carbocycles. The van der Waals surface area contributed by atoms with E-state index in [2.05, 4.69) is 10.3 Å². The Morgan fingerprint density at radius 1 is 1.23 bits per heavy atom. The molecule has 2 heterocycles. The van der Waals surface area contributed by atoms with E-state index in [0.717, 1.165) is 23.2 Å². The Balaban J connectivity index is 1.46. The molecule has 2 amide bonds. The predicted octanol–water partition coefficient (Wildman–Crippen LogP) is 3.39. The molecule has 0 fully saturated rings. The first-order chi connectivity index (χ1) is 12.6. The second kappa shape index (κ2) is 6.48. The van der Waals surface area contributed by atoms with Crippen molar-refractivity contribution in [1.82, 2.24) is 4.98 Å². The fraction of sp³-hybridized carbons (Fsp3) is 0.150. The zero-order valence-corrected chi connectivity index (χ0v) is 14.2. The average Bonchev–Trinajstić information content (AvgIpc) is 3.23. The first kappa shape index (κ1) is 16.1. The molecule has 1 aliphatic heterocycles. The first-order valence-corrected chi connectivity index (χ1v) is 8.36. The molecule has 0 radical (unpaired) electrons. The molecule has 0 saturated heterocycles. The van der Waals surface area contributed by atoms with Crippen molar-refractivity contribution in [3.63, 3.8) is 0 Å². The molecule has 6 heteroatoms. The minimum absolute atomic E-state index is 0.0294. The number of carbonyl (C=O) groups is 2. The molecule has 26 heavy (non-hydrogen) atoms. The van der Waals surface area contributed by atoms with Gasteiger partial charge < -0.3 is 14.6 Å². The lowest BCUT2D eigenvalue weighted by Crippen LogP contribution is -2.25. The molecule has 1 N–H and O–H groups in total. The molecule has 0 spiro atoms. The summed E-state index contributed by atoms with van der Waals surface area (Å²) < 4.78 is 5.55. The second-order valence-electron chi connectivity index (χ2n) is 6.11. The number of hydrogen-bond acceptors (Lipinski definition) is 4. The number of fused-ring (bicyclic) bond motifs is 2. The van der Waals surface area contributed by atoms with E-state index in [0.29, 0.717) is 23.7 Å². The SMILES string of the molecule is CC(=O)N1CCc2cc(NC(=O)/C=C/c3nc4ccccc4o3)ccc21. The highest BCUT2D eigenvalue weighted by molar-refractivity contribution is 6.02. The van der Waals surface area contributed by atoms with E-state index in [1.54, 1.807) is 24.0 Å². The molecular weight excluding hydrogens is 330 g/mol. The van der Waals surface area contributed by atoms with E-state index in [4.69, 9.17) is 4.42 Å². The zero-order valence-electron chi connectivity index (χ0n) is 14.2. The molecule has 4 rings (SSSR count). The van der Waals surface area contributed by atoms with E-state index < -0.39 is 0 Å². The molecular formula is C20H17N3O3. The summed E-state index contributed by atoms with van der Waals surface area (Å²) in [5.74, 6) is 0.142. The first-order valence-electron chi connectivity index (χ1n) is 8.36. The number of carbonyl (C=O) groups excluding carboxylic acids is 2. The Labute approximate surface area is 150 Å². The normalized spacial score (nSPS) is 13.3. The van der Waals surface area contributed by atoms with Crippen molar-refractivity contribution in [1.29, 1.82) is 0 Å². The molecule has 2 aromatic carbocycles. The largest absolute Gasteiger partial charge is 0.437 e. The van der Waals surface area contributed by atoms with E-state index >= 15 is 0 Å². The number of amides is 2. The van der Waals surface area contributed by atoms with Gasteiger partial charge in [0.1, 0.15) is 5.52 Å². The minimum atomic E-state index is -0.270. The number of benzene rings is 2. The molecule has 0 aliphatic carbocycles. The van der Waals surface area contributed by atoms with E-state index in [9.17, 15) is 9.59 Å². The lowest BCUT2D eigenvalue weighted by atomic mass is 10.1. The van der Waals surface area contributed by atoms with Gasteiger partial charge in [-0.15, -0.1) is 0 Å². The highest BCUT2D eigenvalue weighted by Gasteiger charge is 2.22. The van der Waals surface area contributed by atoms with Crippen LogP contribution in [-0.2, 0) is 16.0 Å². The third-order valence-electron chi connectivity index (χ3n) is 4.31. The summed E-state index contributed by atoms with van der Waals surface area (Å²) in [4.78, 5) is 29.8. The van der Waals surface area contributed by atoms with Crippen LogP contribution in [0.1, 0.15) is 18.4 Å². The van der Waals surface area contributed by atoms with Gasteiger partial charge in [-0.2, -0.15) is 0 Å². The van der Waals surface area contributed by atoms with Crippen molar-refractivity contribution in [2.75, 3.05) is 16.8 Å². The Hall–Kier alpha value is -3.41. The number of aromatic nitrogens is 1. The fourth-order valence-electron chi connectivity index (χ4n) is 3.10. The number of para-hydroxylation sites is 2. The maximum absolute atomic E-state index is 12.1. The van der Waals surface area contributed by atoms with Crippen molar-refractivity contribution in [2.45, 2.75) is 13.3 Å². The number of nitrogens with one attached hydrogen (secondary N) is 1. The third-order valence-corrected chi connectivity index (χ3v) is 4.31. The van der Waals surface area contributed by atoms with Gasteiger partial charge in [-0.3, -0.25) is 9.59 Å². The summed E-state index contributed by atoms with van der Waals surface area (Å²) in [6, 6.07) is 13.0. The van der Waals surface area contributed by atoms with Gasteiger partial charge >= 0.3 is 0 Å². The van der Waals surface area contributed by atoms with Crippen LogP contribution in [0.25, 0.3) is 17.2 Å². The fourth-order valence-corrected chi connectivity index (χ4v) is 3.10. The minimum Gasteiger partial charge on any atom is -0.437 e. The molecule has 1 aromatic heterocycles. The Morgan fingerprint density at radius 3 is 2.88 bits per heavy atom. The smallest absolute Gasteiger partial charge is 0.248 e.